The number of aromatic nitrogens is 3. The van der Waals surface area contributed by atoms with E-state index < -0.39 is 0 Å². The van der Waals surface area contributed by atoms with Crippen LogP contribution in [0.2, 0.25) is 0 Å². The van der Waals surface area contributed by atoms with Crippen molar-refractivity contribution in [1.29, 1.82) is 0 Å². The zero-order valence-electron chi connectivity index (χ0n) is 8.38. The quantitative estimate of drug-likeness (QED) is 0.701. The Morgan fingerprint density at radius 2 is 1.93 bits per heavy atom. The molecule has 0 aliphatic rings. The third-order valence-electron chi connectivity index (χ3n) is 2.07. The minimum Gasteiger partial charge on any atom is -0.469 e. The first-order valence-electron chi connectivity index (χ1n) is 4.66. The molecule has 0 saturated carbocycles. The van der Waals surface area contributed by atoms with Crippen molar-refractivity contribution >= 4 is 17.0 Å². The van der Waals surface area contributed by atoms with Gasteiger partial charge in [0.25, 0.3) is 0 Å². The molecule has 0 unspecified atom stereocenters. The van der Waals surface area contributed by atoms with Gasteiger partial charge in [-0.15, -0.1) is 0 Å². The van der Waals surface area contributed by atoms with Crippen LogP contribution in [0.4, 0.5) is 0 Å². The molecule has 0 aliphatic carbocycles. The Morgan fingerprint density at radius 3 is 2.47 bits per heavy atom. The van der Waals surface area contributed by atoms with Gasteiger partial charge in [0, 0.05) is 0 Å². The molecule has 15 heavy (non-hydrogen) atoms. The van der Waals surface area contributed by atoms with Crippen LogP contribution < -0.4 is 0 Å². The monoisotopic (exact) mass is 205 g/mol. The Morgan fingerprint density at radius 1 is 1.33 bits per heavy atom. The first-order chi connectivity index (χ1) is 7.29. The van der Waals surface area contributed by atoms with Gasteiger partial charge in [0.2, 0.25) is 0 Å². The standard InChI is InChI=1S/C10H11N3O2/c1-15-10(14)6-7-13-11-8-4-2-3-5-9(8)12-13/h2-5H,6-7H2,1H3. The number of hydrogen-bond donors (Lipinski definition) is 0. The predicted octanol–water partition coefficient (Wildman–Crippen LogP) is 0.994. The third kappa shape index (κ3) is 2.12. The van der Waals surface area contributed by atoms with Gasteiger partial charge in [-0.1, -0.05) is 12.1 Å². The molecular formula is C10H11N3O2. The zero-order chi connectivity index (χ0) is 10.7. The smallest absolute Gasteiger partial charge is 0.307 e. The SMILES string of the molecule is COC(=O)CCn1nc2ccccc2n1. The van der Waals surface area contributed by atoms with Gasteiger partial charge in [-0.3, -0.25) is 4.79 Å². The van der Waals surface area contributed by atoms with Crippen molar-refractivity contribution < 1.29 is 9.53 Å². The number of carbonyl (C=O) groups is 1. The first kappa shape index (κ1) is 9.64. The van der Waals surface area contributed by atoms with Gasteiger partial charge < -0.3 is 4.74 Å². The number of aryl methyl sites for hydroxylation is 1. The summed E-state index contributed by atoms with van der Waals surface area (Å²) in [6, 6.07) is 7.58. The maximum Gasteiger partial charge on any atom is 0.307 e. The number of methoxy groups -OCH3 is 1. The lowest BCUT2D eigenvalue weighted by molar-refractivity contribution is -0.140. The van der Waals surface area contributed by atoms with E-state index in [-0.39, 0.29) is 12.4 Å². The summed E-state index contributed by atoms with van der Waals surface area (Å²) in [6.45, 7) is 0.446. The first-order valence-corrected chi connectivity index (χ1v) is 4.66. The van der Waals surface area contributed by atoms with Crippen molar-refractivity contribution in [3.05, 3.63) is 24.3 Å². The van der Waals surface area contributed by atoms with E-state index >= 15 is 0 Å². The van der Waals surface area contributed by atoms with Crippen LogP contribution in [-0.4, -0.2) is 28.1 Å². The van der Waals surface area contributed by atoms with Crippen molar-refractivity contribution in [2.45, 2.75) is 13.0 Å². The highest BCUT2D eigenvalue weighted by molar-refractivity contribution is 5.73. The predicted molar refractivity (Wildman–Crippen MR) is 54.2 cm³/mol. The summed E-state index contributed by atoms with van der Waals surface area (Å²) in [6.07, 6.45) is 0.289. The summed E-state index contributed by atoms with van der Waals surface area (Å²) in [4.78, 5) is 12.4. The highest BCUT2D eigenvalue weighted by Gasteiger charge is 2.04. The fourth-order valence-corrected chi connectivity index (χ4v) is 1.30. The number of fused-ring (bicyclic) bond motifs is 1. The van der Waals surface area contributed by atoms with E-state index in [4.69, 9.17) is 0 Å². The fraction of sp³-hybridized carbons (Fsp3) is 0.300. The van der Waals surface area contributed by atoms with E-state index in [0.717, 1.165) is 11.0 Å². The summed E-state index contributed by atoms with van der Waals surface area (Å²) < 4.78 is 4.54. The number of nitrogens with zero attached hydrogens (tertiary/aromatic N) is 3. The summed E-state index contributed by atoms with van der Waals surface area (Å²) >= 11 is 0. The number of rotatable bonds is 3. The van der Waals surface area contributed by atoms with Crippen LogP contribution in [0.1, 0.15) is 6.42 Å². The zero-order valence-corrected chi connectivity index (χ0v) is 8.38. The molecule has 0 spiro atoms. The molecule has 0 saturated heterocycles. The molecule has 0 atom stereocenters. The van der Waals surface area contributed by atoms with Crippen LogP contribution in [0, 0.1) is 0 Å². The van der Waals surface area contributed by atoms with E-state index in [1.807, 2.05) is 24.3 Å². The Hall–Kier alpha value is -1.91. The number of esters is 1. The molecule has 5 nitrogen and oxygen atoms in total. The van der Waals surface area contributed by atoms with E-state index in [2.05, 4.69) is 14.9 Å². The van der Waals surface area contributed by atoms with Crippen LogP contribution in [-0.2, 0) is 16.1 Å². The van der Waals surface area contributed by atoms with Crippen LogP contribution in [0.3, 0.4) is 0 Å². The maximum absolute atomic E-state index is 10.9. The Balaban J connectivity index is 2.12. The molecule has 1 aromatic heterocycles. The lowest BCUT2D eigenvalue weighted by atomic mass is 10.3. The summed E-state index contributed by atoms with van der Waals surface area (Å²) in [7, 11) is 1.37. The number of hydrogen-bond acceptors (Lipinski definition) is 4. The molecule has 2 rings (SSSR count). The average molecular weight is 205 g/mol. The van der Waals surface area contributed by atoms with Crippen LogP contribution in [0.5, 0.6) is 0 Å². The molecule has 0 radical (unpaired) electrons. The molecular weight excluding hydrogens is 194 g/mol. The second-order valence-electron chi connectivity index (χ2n) is 3.11. The van der Waals surface area contributed by atoms with Crippen molar-refractivity contribution in [3.8, 4) is 0 Å². The van der Waals surface area contributed by atoms with E-state index in [1.54, 1.807) is 0 Å². The second-order valence-corrected chi connectivity index (χ2v) is 3.11. The van der Waals surface area contributed by atoms with Crippen molar-refractivity contribution in [1.82, 2.24) is 15.0 Å². The summed E-state index contributed by atoms with van der Waals surface area (Å²) in [5, 5.41) is 8.43. The molecule has 5 heteroatoms. The van der Waals surface area contributed by atoms with Gasteiger partial charge in [-0.2, -0.15) is 15.0 Å². The largest absolute Gasteiger partial charge is 0.469 e. The van der Waals surface area contributed by atoms with E-state index in [1.165, 1.54) is 11.9 Å². The van der Waals surface area contributed by atoms with Crippen LogP contribution in [0.25, 0.3) is 11.0 Å². The molecule has 1 aromatic carbocycles. The van der Waals surface area contributed by atoms with Gasteiger partial charge in [0.05, 0.1) is 20.1 Å². The number of carbonyl (C=O) groups excluding carboxylic acids is 1. The molecule has 0 amide bonds. The molecule has 0 N–H and O–H groups in total. The van der Waals surface area contributed by atoms with Gasteiger partial charge in [-0.05, 0) is 12.1 Å². The summed E-state index contributed by atoms with van der Waals surface area (Å²) in [5.41, 5.74) is 1.67. The molecule has 1 heterocycles. The molecule has 0 bridgehead atoms. The Labute approximate surface area is 86.6 Å². The van der Waals surface area contributed by atoms with E-state index in [0.29, 0.717) is 6.54 Å². The van der Waals surface area contributed by atoms with Crippen LogP contribution >= 0.6 is 0 Å². The van der Waals surface area contributed by atoms with Gasteiger partial charge >= 0.3 is 5.97 Å². The van der Waals surface area contributed by atoms with Gasteiger partial charge in [0.15, 0.2) is 0 Å². The number of benzene rings is 1. The topological polar surface area (TPSA) is 57.0 Å². The van der Waals surface area contributed by atoms with Crippen molar-refractivity contribution in [2.75, 3.05) is 7.11 Å². The maximum atomic E-state index is 10.9. The minimum absolute atomic E-state index is 0.253. The van der Waals surface area contributed by atoms with Crippen LogP contribution in [0.15, 0.2) is 24.3 Å². The lowest BCUT2D eigenvalue weighted by Crippen LogP contribution is -2.09. The Bertz CT molecular complexity index is 445. The molecule has 0 aliphatic heterocycles. The second kappa shape index (κ2) is 4.08. The average Bonchev–Trinajstić information content (AvgIpc) is 2.68. The van der Waals surface area contributed by atoms with Gasteiger partial charge in [0.1, 0.15) is 11.0 Å². The highest BCUT2D eigenvalue weighted by atomic mass is 16.5. The Kier molecular flexibility index (Phi) is 2.62. The van der Waals surface area contributed by atoms with Crippen molar-refractivity contribution in [2.24, 2.45) is 0 Å². The minimum atomic E-state index is -0.253. The summed E-state index contributed by atoms with van der Waals surface area (Å²) in [5.74, 6) is -0.253. The third-order valence-corrected chi connectivity index (χ3v) is 2.07. The lowest BCUT2D eigenvalue weighted by Gasteiger charge is -1.97. The molecule has 78 valence electrons. The fourth-order valence-electron chi connectivity index (χ4n) is 1.30. The normalized spacial score (nSPS) is 10.5. The van der Waals surface area contributed by atoms with Crippen molar-refractivity contribution in [3.63, 3.8) is 0 Å². The highest BCUT2D eigenvalue weighted by Crippen LogP contribution is 2.07. The molecule has 2 aromatic rings. The van der Waals surface area contributed by atoms with E-state index in [9.17, 15) is 4.79 Å². The van der Waals surface area contributed by atoms with Gasteiger partial charge in [-0.25, -0.2) is 0 Å². The number of ether oxygens (including phenoxy) is 1. The molecule has 0 fully saturated rings.